The van der Waals surface area contributed by atoms with Gasteiger partial charge in [0.2, 0.25) is 12.1 Å². The lowest BCUT2D eigenvalue weighted by Gasteiger charge is -2.17. The smallest absolute Gasteiger partial charge is 0.258 e. The van der Waals surface area contributed by atoms with Gasteiger partial charge in [0.05, 0.1) is 28.6 Å². The van der Waals surface area contributed by atoms with E-state index in [0.29, 0.717) is 66.3 Å². The Kier molecular flexibility index (Phi) is 20.9. The van der Waals surface area contributed by atoms with Crippen LogP contribution in [0.5, 0.6) is 11.5 Å². The number of rotatable bonds is 23. The van der Waals surface area contributed by atoms with Crippen molar-refractivity contribution in [1.82, 2.24) is 0 Å². The molecule has 5 rings (SSSR count). The third-order valence-corrected chi connectivity index (χ3v) is 11.5. The molecule has 0 heterocycles. The van der Waals surface area contributed by atoms with Crippen molar-refractivity contribution in [2.24, 2.45) is 20.5 Å². The van der Waals surface area contributed by atoms with E-state index in [1.807, 2.05) is 26.0 Å². The summed E-state index contributed by atoms with van der Waals surface area (Å²) in [6.07, 6.45) is 1.17. The van der Waals surface area contributed by atoms with E-state index in [0.717, 1.165) is 25.0 Å². The molecule has 0 saturated carbocycles. The number of anilines is 4. The van der Waals surface area contributed by atoms with Gasteiger partial charge in [-0.2, -0.15) is 20.5 Å². The Morgan fingerprint density at radius 1 is 0.563 bits per heavy atom. The number of carbonyl (C=O) groups excluding carboxylic acids is 6. The second-order valence-corrected chi connectivity index (χ2v) is 17.7. The Hall–Kier alpha value is -6.43. The van der Waals surface area contributed by atoms with Gasteiger partial charge in [0, 0.05) is 57.8 Å². The summed E-state index contributed by atoms with van der Waals surface area (Å²) in [5.41, 5.74) is 3.77. The molecule has 0 aromatic heterocycles. The van der Waals surface area contributed by atoms with E-state index in [2.05, 4.69) is 41.7 Å². The highest BCUT2D eigenvalue weighted by Crippen LogP contribution is 2.33. The van der Waals surface area contributed by atoms with Gasteiger partial charge in [-0.05, 0) is 131 Å². The second-order valence-electron chi connectivity index (χ2n) is 15.5. The molecule has 0 saturated heterocycles. The van der Waals surface area contributed by atoms with Crippen LogP contribution in [0.3, 0.4) is 0 Å². The molecule has 0 fully saturated rings. The topological polar surface area (TPSA) is 218 Å². The lowest BCUT2D eigenvalue weighted by molar-refractivity contribution is -0.127. The highest BCUT2D eigenvalue weighted by molar-refractivity contribution is 6.33. The van der Waals surface area contributed by atoms with Crippen LogP contribution in [0.4, 0.5) is 34.1 Å². The highest BCUT2D eigenvalue weighted by atomic mass is 35.5. The first-order valence-corrected chi connectivity index (χ1v) is 24.3. The third kappa shape index (κ3) is 15.5. The van der Waals surface area contributed by atoms with Gasteiger partial charge in [-0.15, -0.1) is 34.8 Å². The maximum Gasteiger partial charge on any atom is 0.258 e. The van der Waals surface area contributed by atoms with Crippen molar-refractivity contribution in [1.29, 1.82) is 0 Å². The van der Waals surface area contributed by atoms with Crippen LogP contribution in [0.1, 0.15) is 77.4 Å². The van der Waals surface area contributed by atoms with Gasteiger partial charge in [0.15, 0.2) is 11.6 Å². The largest absolute Gasteiger partial charge is 0.494 e. The number of amides is 4. The number of Topliss-reactive ketones (excluding diaryl/α,β-unsaturated/α-hetero) is 2. The normalized spacial score (nSPS) is 12.5. The predicted octanol–water partition coefficient (Wildman–Crippen LogP) is 12.5. The van der Waals surface area contributed by atoms with Crippen molar-refractivity contribution < 1.29 is 38.2 Å². The number of nitrogens with zero attached hydrogens (tertiary/aromatic N) is 4. The first-order chi connectivity index (χ1) is 34.0. The van der Waals surface area contributed by atoms with E-state index < -0.39 is 52.7 Å². The minimum atomic E-state index is -1.65. The first-order valence-electron chi connectivity index (χ1n) is 22.0. The molecule has 4 N–H and O–H groups in total. The first kappa shape index (κ1) is 55.5. The molecule has 5 aromatic carbocycles. The molecule has 0 aliphatic heterocycles. The summed E-state index contributed by atoms with van der Waals surface area (Å²) in [5, 5.41) is 26.5. The highest BCUT2D eigenvalue weighted by Gasteiger charge is 2.27. The number of nitrogens with one attached hydrogen (secondary N) is 4. The number of azo groups is 2. The van der Waals surface area contributed by atoms with E-state index in [1.54, 1.807) is 31.2 Å². The summed E-state index contributed by atoms with van der Waals surface area (Å²) in [6.45, 7) is 8.46. The Morgan fingerprint density at radius 3 is 1.39 bits per heavy atom. The molecule has 3 atom stereocenters. The fourth-order valence-corrected chi connectivity index (χ4v) is 7.60. The van der Waals surface area contributed by atoms with Crippen LogP contribution in [0.15, 0.2) is 111 Å². The lowest BCUT2D eigenvalue weighted by Crippen LogP contribution is -2.32. The molecule has 0 aliphatic carbocycles. The zero-order valence-corrected chi connectivity index (χ0v) is 42.9. The number of ketones is 2. The molecule has 4 amide bonds. The quantitative estimate of drug-likeness (QED) is 0.0279. The van der Waals surface area contributed by atoms with Crippen molar-refractivity contribution in [3.63, 3.8) is 0 Å². The van der Waals surface area contributed by atoms with Crippen molar-refractivity contribution in [2.75, 3.05) is 46.2 Å². The average molecular weight is 1070 g/mol. The van der Waals surface area contributed by atoms with E-state index in [1.165, 1.54) is 54.6 Å². The maximum absolute atomic E-state index is 13.6. The van der Waals surface area contributed by atoms with Gasteiger partial charge in [0.25, 0.3) is 23.6 Å². The van der Waals surface area contributed by atoms with E-state index >= 15 is 0 Å². The molecule has 0 spiro atoms. The van der Waals surface area contributed by atoms with Crippen LogP contribution in [0, 0.1) is 0 Å². The molecule has 3 unspecified atom stereocenters. The Bertz CT molecular complexity index is 2860. The molecule has 372 valence electrons. The van der Waals surface area contributed by atoms with Crippen LogP contribution >= 0.6 is 58.0 Å². The van der Waals surface area contributed by atoms with Gasteiger partial charge < -0.3 is 30.7 Å². The summed E-state index contributed by atoms with van der Waals surface area (Å²) in [6, 6.07) is 20.1. The van der Waals surface area contributed by atoms with Crippen LogP contribution in [0.2, 0.25) is 10.0 Å². The molecular formula is C50H49Cl5N8O8. The number of aryl methyl sites for hydroxylation is 2. The fourth-order valence-electron chi connectivity index (χ4n) is 6.70. The molecule has 71 heavy (non-hydrogen) atoms. The molecule has 16 nitrogen and oxygen atoms in total. The Balaban J connectivity index is 1.27. The number of benzene rings is 5. The third-order valence-electron chi connectivity index (χ3n) is 10.2. The number of halogens is 5. The van der Waals surface area contributed by atoms with E-state index in [-0.39, 0.29) is 43.9 Å². The molecule has 0 aliphatic rings. The summed E-state index contributed by atoms with van der Waals surface area (Å²) < 4.78 is 11.4. The minimum absolute atomic E-state index is 0.0156. The Labute approximate surface area is 435 Å². The number of carbonyl (C=O) groups is 6. The van der Waals surface area contributed by atoms with Gasteiger partial charge >= 0.3 is 0 Å². The molecule has 0 bridgehead atoms. The van der Waals surface area contributed by atoms with Crippen molar-refractivity contribution in [2.45, 2.75) is 64.9 Å². The Morgan fingerprint density at radius 2 is 0.986 bits per heavy atom. The van der Waals surface area contributed by atoms with Crippen LogP contribution in [0.25, 0.3) is 0 Å². The number of alkyl halides is 3. The average Bonchev–Trinajstić information content (AvgIpc) is 3.32. The van der Waals surface area contributed by atoms with Crippen LogP contribution in [-0.2, 0) is 32.0 Å². The number of hydrogen-bond acceptors (Lipinski definition) is 12. The second kappa shape index (κ2) is 26.7. The van der Waals surface area contributed by atoms with Crippen molar-refractivity contribution in [3.8, 4) is 11.5 Å². The van der Waals surface area contributed by atoms with Crippen LogP contribution in [-0.4, -0.2) is 72.3 Å². The molecule has 5 aromatic rings. The summed E-state index contributed by atoms with van der Waals surface area (Å²) in [4.78, 5) is 79.1. The molecule has 21 heteroatoms. The molecular weight excluding hydrogens is 1020 g/mol. The zero-order chi connectivity index (χ0) is 51.8. The summed E-state index contributed by atoms with van der Waals surface area (Å²) in [7, 11) is 0. The summed E-state index contributed by atoms with van der Waals surface area (Å²) >= 11 is 31.2. The van der Waals surface area contributed by atoms with Gasteiger partial charge in [-0.3, -0.25) is 28.8 Å². The minimum Gasteiger partial charge on any atom is -0.494 e. The lowest BCUT2D eigenvalue weighted by atomic mass is 10.1. The van der Waals surface area contributed by atoms with E-state index in [9.17, 15) is 28.8 Å². The predicted molar refractivity (Wildman–Crippen MR) is 279 cm³/mol. The maximum atomic E-state index is 13.6. The number of hydrogen-bond donors (Lipinski definition) is 4. The molecule has 0 radical (unpaired) electrons. The van der Waals surface area contributed by atoms with Gasteiger partial charge in [-0.1, -0.05) is 35.3 Å². The monoisotopic (exact) mass is 1060 g/mol. The van der Waals surface area contributed by atoms with Crippen molar-refractivity contribution >= 4 is 127 Å². The summed E-state index contributed by atoms with van der Waals surface area (Å²) in [5.74, 6) is -2.05. The number of ether oxygens (including phenoxy) is 2. The van der Waals surface area contributed by atoms with Crippen LogP contribution < -0.4 is 30.7 Å². The van der Waals surface area contributed by atoms with E-state index in [4.69, 9.17) is 67.5 Å². The van der Waals surface area contributed by atoms with Gasteiger partial charge in [0.1, 0.15) is 22.9 Å². The van der Waals surface area contributed by atoms with Gasteiger partial charge in [-0.25, -0.2) is 0 Å². The van der Waals surface area contributed by atoms with Crippen molar-refractivity contribution in [3.05, 3.63) is 129 Å². The zero-order valence-electron chi connectivity index (χ0n) is 39.1. The fraction of sp³-hybridized carbons (Fsp3) is 0.280. The standard InChI is InChI=1S/C50H49Cl5N8O8/c1-6-70-43-25-35(12-8-30(43)18-20-51)56-47(66)32-10-15-38(54)41(22-32)60-62-45(28(4)64)49(68)58-34-14-17-40(37(24-34)27(3)53)59-50(69)46(29(5)65)63-61-42-23-33(11-16-39(42)55)48(67)57-36-13-9-31(19-21-52)44(26-36)71-7-2/h8-17,22-27,45-46H,6-7,18-21H2,1-5H3,(H,56,66)(H,57,67)(H,58,68)(H,59,69). The SMILES string of the molecule is CCOc1cc(NC(=O)c2ccc(Cl)c(N=NC(C(C)=O)C(=O)Nc3ccc(NC(=O)C(N=Nc4cc(C(=O)Nc5ccc(CCCl)c(OCC)c5)ccc4Cl)C(C)=O)c(C(C)Cl)c3)c2)ccc1CCCl.